The summed E-state index contributed by atoms with van der Waals surface area (Å²) >= 11 is 6.01. The fourth-order valence-corrected chi connectivity index (χ4v) is 3.00. The summed E-state index contributed by atoms with van der Waals surface area (Å²) in [6.07, 6.45) is 0. The Labute approximate surface area is 166 Å². The van der Waals surface area contributed by atoms with Gasteiger partial charge in [-0.25, -0.2) is 4.68 Å². The fraction of sp³-hybridized carbons (Fsp3) is 0.143. The fourth-order valence-electron chi connectivity index (χ4n) is 2.81. The number of aryl methyl sites for hydroxylation is 2. The number of benzene rings is 2. The van der Waals surface area contributed by atoms with Crippen molar-refractivity contribution in [2.24, 2.45) is 0 Å². The lowest BCUT2D eigenvalue weighted by Gasteiger charge is -2.07. The minimum absolute atomic E-state index is 0.0884. The highest BCUT2D eigenvalue weighted by Crippen LogP contribution is 2.21. The first-order chi connectivity index (χ1) is 13.5. The van der Waals surface area contributed by atoms with E-state index in [1.54, 1.807) is 18.2 Å². The average Bonchev–Trinajstić information content (AvgIpc) is 3.14. The van der Waals surface area contributed by atoms with Crippen LogP contribution in [0.4, 0.5) is 0 Å². The Balaban J connectivity index is 1.63. The Morgan fingerprint density at radius 1 is 1.00 bits per heavy atom. The van der Waals surface area contributed by atoms with Crippen LogP contribution in [-0.4, -0.2) is 19.9 Å². The van der Waals surface area contributed by atoms with Crippen LogP contribution in [-0.2, 0) is 6.54 Å². The largest absolute Gasteiger partial charge is 0.337 e. The van der Waals surface area contributed by atoms with Crippen molar-refractivity contribution >= 4 is 11.6 Å². The van der Waals surface area contributed by atoms with Crippen LogP contribution in [0.15, 0.2) is 63.9 Å². The van der Waals surface area contributed by atoms with Crippen molar-refractivity contribution in [3.8, 4) is 22.6 Å². The molecule has 0 saturated carbocycles. The van der Waals surface area contributed by atoms with E-state index in [0.717, 1.165) is 11.1 Å². The maximum atomic E-state index is 12.2. The van der Waals surface area contributed by atoms with Gasteiger partial charge in [-0.3, -0.25) is 4.79 Å². The van der Waals surface area contributed by atoms with Gasteiger partial charge in [0.15, 0.2) is 0 Å². The van der Waals surface area contributed by atoms with E-state index in [9.17, 15) is 4.79 Å². The third-order valence-corrected chi connectivity index (χ3v) is 4.74. The van der Waals surface area contributed by atoms with Gasteiger partial charge in [0.1, 0.15) is 6.54 Å². The molecule has 6 nitrogen and oxygen atoms in total. The number of aromatic nitrogens is 4. The first-order valence-electron chi connectivity index (χ1n) is 8.74. The highest BCUT2D eigenvalue weighted by atomic mass is 35.5. The van der Waals surface area contributed by atoms with Crippen molar-refractivity contribution in [2.45, 2.75) is 20.4 Å². The normalized spacial score (nSPS) is 11.0. The number of halogens is 1. The third kappa shape index (κ3) is 3.73. The van der Waals surface area contributed by atoms with Crippen LogP contribution >= 0.6 is 11.6 Å². The van der Waals surface area contributed by atoms with E-state index in [1.165, 1.54) is 21.9 Å². The molecule has 4 rings (SSSR count). The second kappa shape index (κ2) is 7.40. The zero-order chi connectivity index (χ0) is 19.7. The molecule has 0 amide bonds. The average molecular weight is 393 g/mol. The monoisotopic (exact) mass is 392 g/mol. The van der Waals surface area contributed by atoms with Gasteiger partial charge in [-0.15, -0.1) is 0 Å². The SMILES string of the molecule is Cc1ccc(-c2ccc(=O)n(Cc3nc(-c4cccc(Cl)c4)no3)n2)cc1C. The van der Waals surface area contributed by atoms with Gasteiger partial charge in [0.05, 0.1) is 5.69 Å². The summed E-state index contributed by atoms with van der Waals surface area (Å²) in [5, 5.41) is 9.01. The van der Waals surface area contributed by atoms with Gasteiger partial charge >= 0.3 is 0 Å². The van der Waals surface area contributed by atoms with Gasteiger partial charge in [-0.1, -0.05) is 41.0 Å². The quantitative estimate of drug-likeness (QED) is 0.518. The van der Waals surface area contributed by atoms with Crippen LogP contribution in [0.5, 0.6) is 0 Å². The van der Waals surface area contributed by atoms with Gasteiger partial charge in [0.25, 0.3) is 5.56 Å². The minimum atomic E-state index is -0.241. The van der Waals surface area contributed by atoms with Crippen LogP contribution < -0.4 is 5.56 Å². The highest BCUT2D eigenvalue weighted by molar-refractivity contribution is 6.30. The van der Waals surface area contributed by atoms with E-state index in [2.05, 4.69) is 28.2 Å². The van der Waals surface area contributed by atoms with Crippen molar-refractivity contribution in [3.05, 3.63) is 87.0 Å². The maximum absolute atomic E-state index is 12.2. The zero-order valence-corrected chi connectivity index (χ0v) is 16.1. The number of hydrogen-bond donors (Lipinski definition) is 0. The van der Waals surface area contributed by atoms with Crippen molar-refractivity contribution in [2.75, 3.05) is 0 Å². The molecule has 0 aliphatic rings. The van der Waals surface area contributed by atoms with E-state index in [4.69, 9.17) is 16.1 Å². The lowest BCUT2D eigenvalue weighted by molar-refractivity contribution is 0.363. The summed E-state index contributed by atoms with van der Waals surface area (Å²) in [7, 11) is 0. The van der Waals surface area contributed by atoms with Gasteiger partial charge < -0.3 is 4.52 Å². The Kier molecular flexibility index (Phi) is 4.79. The molecule has 0 aliphatic heterocycles. The third-order valence-electron chi connectivity index (χ3n) is 4.51. The van der Waals surface area contributed by atoms with E-state index < -0.39 is 0 Å². The molecular formula is C21H17ClN4O2. The molecule has 0 saturated heterocycles. The Morgan fingerprint density at radius 2 is 1.86 bits per heavy atom. The molecule has 28 heavy (non-hydrogen) atoms. The Hall–Kier alpha value is -3.25. The second-order valence-corrected chi connectivity index (χ2v) is 6.97. The maximum Gasteiger partial charge on any atom is 0.267 e. The number of rotatable bonds is 4. The molecule has 7 heteroatoms. The van der Waals surface area contributed by atoms with Crippen molar-refractivity contribution in [1.82, 2.24) is 19.9 Å². The Bertz CT molecular complexity index is 1210. The van der Waals surface area contributed by atoms with Crippen molar-refractivity contribution in [3.63, 3.8) is 0 Å². The number of nitrogens with zero attached hydrogens (tertiary/aromatic N) is 4. The molecule has 0 fully saturated rings. The first-order valence-corrected chi connectivity index (χ1v) is 9.12. The molecule has 140 valence electrons. The molecular weight excluding hydrogens is 376 g/mol. The van der Waals surface area contributed by atoms with Crippen LogP contribution in [0.1, 0.15) is 17.0 Å². The molecule has 2 heterocycles. The van der Waals surface area contributed by atoms with E-state index >= 15 is 0 Å². The predicted octanol–water partition coefficient (Wildman–Crippen LogP) is 4.28. The van der Waals surface area contributed by atoms with Gasteiger partial charge in [0, 0.05) is 22.2 Å². The second-order valence-electron chi connectivity index (χ2n) is 6.54. The molecule has 0 atom stereocenters. The smallest absolute Gasteiger partial charge is 0.267 e. The molecule has 0 spiro atoms. The summed E-state index contributed by atoms with van der Waals surface area (Å²) in [6, 6.07) is 16.5. The molecule has 2 aromatic carbocycles. The van der Waals surface area contributed by atoms with E-state index in [1.807, 2.05) is 31.2 Å². The van der Waals surface area contributed by atoms with Crippen molar-refractivity contribution < 1.29 is 4.52 Å². The molecule has 2 aromatic heterocycles. The lowest BCUT2D eigenvalue weighted by Crippen LogP contribution is -2.23. The predicted molar refractivity (Wildman–Crippen MR) is 107 cm³/mol. The standard InChI is InChI=1S/C21H17ClN4O2/c1-13-6-7-15(10-14(13)2)18-8-9-20(27)26(24-18)12-19-23-21(25-28-19)16-4-3-5-17(22)11-16/h3-11H,12H2,1-2H3. The summed E-state index contributed by atoms with van der Waals surface area (Å²) < 4.78 is 6.61. The van der Waals surface area contributed by atoms with Crippen molar-refractivity contribution in [1.29, 1.82) is 0 Å². The summed E-state index contributed by atoms with van der Waals surface area (Å²) in [5.41, 5.74) is 4.53. The summed E-state index contributed by atoms with van der Waals surface area (Å²) in [6.45, 7) is 4.19. The molecule has 0 aliphatic carbocycles. The summed E-state index contributed by atoms with van der Waals surface area (Å²) in [4.78, 5) is 16.6. The van der Waals surface area contributed by atoms with Gasteiger partial charge in [-0.05, 0) is 49.2 Å². The van der Waals surface area contributed by atoms with E-state index in [-0.39, 0.29) is 12.1 Å². The minimum Gasteiger partial charge on any atom is -0.337 e. The van der Waals surface area contributed by atoms with Crippen LogP contribution in [0.2, 0.25) is 5.02 Å². The van der Waals surface area contributed by atoms with Gasteiger partial charge in [0.2, 0.25) is 11.7 Å². The van der Waals surface area contributed by atoms with Crippen LogP contribution in [0, 0.1) is 13.8 Å². The molecule has 4 aromatic rings. The Morgan fingerprint density at radius 3 is 2.64 bits per heavy atom. The highest BCUT2D eigenvalue weighted by Gasteiger charge is 2.12. The van der Waals surface area contributed by atoms with Crippen LogP contribution in [0.25, 0.3) is 22.6 Å². The molecule has 0 bridgehead atoms. The van der Waals surface area contributed by atoms with Crippen LogP contribution in [0.3, 0.4) is 0 Å². The molecule has 0 unspecified atom stereocenters. The lowest BCUT2D eigenvalue weighted by atomic mass is 10.0. The van der Waals surface area contributed by atoms with E-state index in [0.29, 0.717) is 22.4 Å². The topological polar surface area (TPSA) is 73.8 Å². The molecule has 0 radical (unpaired) electrons. The summed E-state index contributed by atoms with van der Waals surface area (Å²) in [5.74, 6) is 0.706. The first kappa shape index (κ1) is 18.1. The molecule has 0 N–H and O–H groups in total. The number of hydrogen-bond acceptors (Lipinski definition) is 5. The zero-order valence-electron chi connectivity index (χ0n) is 15.4. The van der Waals surface area contributed by atoms with Gasteiger partial charge in [-0.2, -0.15) is 10.1 Å².